The summed E-state index contributed by atoms with van der Waals surface area (Å²) in [5.41, 5.74) is 0.212. The Labute approximate surface area is 178 Å². The minimum Gasteiger partial charge on any atom is -0.379 e. The van der Waals surface area contributed by atoms with E-state index in [2.05, 4.69) is 12.0 Å². The fraction of sp³-hybridized carbons (Fsp3) is 0.318. The fourth-order valence-corrected chi connectivity index (χ4v) is 4.02. The maximum absolute atomic E-state index is 13.4. The van der Waals surface area contributed by atoms with Crippen molar-refractivity contribution in [3.8, 4) is 17.7 Å². The second-order valence-corrected chi connectivity index (χ2v) is 8.57. The molecule has 0 aliphatic carbocycles. The highest BCUT2D eigenvalue weighted by Gasteiger charge is 2.22. The molecule has 3 rings (SSSR count). The zero-order valence-electron chi connectivity index (χ0n) is 16.5. The van der Waals surface area contributed by atoms with Gasteiger partial charge in [-0.2, -0.15) is 8.42 Å². The summed E-state index contributed by atoms with van der Waals surface area (Å²) >= 11 is 0. The summed E-state index contributed by atoms with van der Waals surface area (Å²) in [6.45, 7) is 1.85. The number of halogens is 3. The molecule has 1 heterocycles. The first-order valence-corrected chi connectivity index (χ1v) is 11.1. The van der Waals surface area contributed by atoms with Gasteiger partial charge in [0.2, 0.25) is 0 Å². The molecule has 0 bridgehead atoms. The van der Waals surface area contributed by atoms with E-state index in [-0.39, 0.29) is 23.5 Å². The van der Waals surface area contributed by atoms with E-state index in [0.717, 1.165) is 25.9 Å². The monoisotopic (exact) mass is 451 g/mol. The molecule has 0 radical (unpaired) electrons. The number of benzene rings is 2. The van der Waals surface area contributed by atoms with Gasteiger partial charge in [-0.1, -0.05) is 18.1 Å². The molecule has 1 saturated heterocycles. The molecule has 0 N–H and O–H groups in total. The van der Waals surface area contributed by atoms with Crippen molar-refractivity contribution < 1.29 is 30.6 Å². The molecule has 9 heteroatoms. The smallest absolute Gasteiger partial charge is 0.339 e. The number of piperidine rings is 1. The van der Waals surface area contributed by atoms with Crippen molar-refractivity contribution in [2.24, 2.45) is 0 Å². The quantitative estimate of drug-likeness (QED) is 0.284. The average Bonchev–Trinajstić information content (AvgIpc) is 2.75. The number of likely N-dealkylation sites (tertiary alicyclic amines) is 1. The summed E-state index contributed by atoms with van der Waals surface area (Å²) in [6, 6.07) is 9.10. The second-order valence-electron chi connectivity index (χ2n) is 7.03. The van der Waals surface area contributed by atoms with E-state index < -0.39 is 32.5 Å². The van der Waals surface area contributed by atoms with Crippen LogP contribution in [-0.4, -0.2) is 32.2 Å². The Balaban J connectivity index is 1.65. The summed E-state index contributed by atoms with van der Waals surface area (Å²) in [5, 5.41) is 0. The van der Waals surface area contributed by atoms with Gasteiger partial charge in [-0.15, -0.1) is 0 Å². The van der Waals surface area contributed by atoms with E-state index >= 15 is 0 Å². The molecule has 1 aliphatic rings. The third-order valence-electron chi connectivity index (χ3n) is 4.68. The van der Waals surface area contributed by atoms with Crippen molar-refractivity contribution in [3.63, 3.8) is 0 Å². The minimum absolute atomic E-state index is 0.144. The number of carbonyl (C=O) groups excluding carboxylic acids is 1. The molecule has 5 nitrogen and oxygen atoms in total. The zero-order valence-corrected chi connectivity index (χ0v) is 17.4. The topological polar surface area (TPSA) is 63.7 Å². The van der Waals surface area contributed by atoms with Crippen LogP contribution in [0.25, 0.3) is 0 Å². The molecule has 31 heavy (non-hydrogen) atoms. The van der Waals surface area contributed by atoms with Crippen LogP contribution in [0.1, 0.15) is 42.5 Å². The van der Waals surface area contributed by atoms with Gasteiger partial charge in [0, 0.05) is 37.5 Å². The first-order chi connectivity index (χ1) is 14.8. The van der Waals surface area contributed by atoms with Crippen LogP contribution in [0.5, 0.6) is 5.75 Å². The highest BCUT2D eigenvalue weighted by Crippen LogP contribution is 2.23. The van der Waals surface area contributed by atoms with E-state index in [9.17, 15) is 26.4 Å². The lowest BCUT2D eigenvalue weighted by Crippen LogP contribution is -2.24. The number of hydrogen-bond acceptors (Lipinski definition) is 5. The molecule has 0 unspecified atom stereocenters. The van der Waals surface area contributed by atoms with Gasteiger partial charge in [0.1, 0.15) is 10.6 Å². The van der Waals surface area contributed by atoms with Crippen molar-refractivity contribution in [2.45, 2.75) is 37.0 Å². The second kappa shape index (κ2) is 9.88. The van der Waals surface area contributed by atoms with Gasteiger partial charge in [0.15, 0.2) is 23.2 Å². The molecule has 0 aromatic heterocycles. The number of Topliss-reactive ketones (excluding diaryl/α,β-unsaturated/α-hetero) is 1. The van der Waals surface area contributed by atoms with Crippen molar-refractivity contribution in [1.29, 1.82) is 0 Å². The summed E-state index contributed by atoms with van der Waals surface area (Å²) < 4.78 is 69.2. The molecule has 0 amide bonds. The molecule has 2 aromatic carbocycles. The van der Waals surface area contributed by atoms with Gasteiger partial charge in [-0.3, -0.25) is 4.79 Å². The van der Waals surface area contributed by atoms with Gasteiger partial charge >= 0.3 is 10.1 Å². The molecular formula is C22H20F3NO4S. The fourth-order valence-electron chi connectivity index (χ4n) is 3.07. The van der Waals surface area contributed by atoms with E-state index in [1.165, 1.54) is 30.7 Å². The van der Waals surface area contributed by atoms with Gasteiger partial charge in [0.25, 0.3) is 0 Å². The molecule has 0 atom stereocenters. The zero-order chi connectivity index (χ0) is 22.4. The molecule has 0 saturated carbocycles. The van der Waals surface area contributed by atoms with Crippen LogP contribution in [0.2, 0.25) is 0 Å². The number of ketones is 1. The van der Waals surface area contributed by atoms with Gasteiger partial charge in [-0.05, 0) is 43.5 Å². The van der Waals surface area contributed by atoms with Crippen LogP contribution in [0.4, 0.5) is 13.2 Å². The maximum Gasteiger partial charge on any atom is 0.339 e. The Morgan fingerprint density at radius 1 is 1.03 bits per heavy atom. The summed E-state index contributed by atoms with van der Waals surface area (Å²) in [5.74, 6) is -2.59. The highest BCUT2D eigenvalue weighted by atomic mass is 32.2. The van der Waals surface area contributed by atoms with Gasteiger partial charge < -0.3 is 9.08 Å². The van der Waals surface area contributed by atoms with Crippen molar-refractivity contribution in [3.05, 3.63) is 59.4 Å². The van der Waals surface area contributed by atoms with Crippen LogP contribution in [0.3, 0.4) is 0 Å². The third-order valence-corrected chi connectivity index (χ3v) is 5.90. The highest BCUT2D eigenvalue weighted by molar-refractivity contribution is 7.87. The van der Waals surface area contributed by atoms with Gasteiger partial charge in [0.05, 0.1) is 0 Å². The lowest BCUT2D eigenvalue weighted by Gasteiger charge is -2.21. The van der Waals surface area contributed by atoms with Crippen LogP contribution < -0.4 is 4.18 Å². The maximum atomic E-state index is 13.4. The molecule has 1 aliphatic heterocycles. The molecule has 0 spiro atoms. The van der Waals surface area contributed by atoms with E-state index in [4.69, 9.17) is 4.18 Å². The van der Waals surface area contributed by atoms with Crippen LogP contribution in [-0.2, 0) is 10.1 Å². The number of carbonyl (C=O) groups is 1. The first-order valence-electron chi connectivity index (χ1n) is 9.72. The van der Waals surface area contributed by atoms with Crippen LogP contribution >= 0.6 is 0 Å². The SMILES string of the molecule is O=C(CCC#CN1CCCCC1)c1cccc(OS(=O)(=O)c2cc(F)c(F)c(F)c2)c1. The third kappa shape index (κ3) is 6.01. The Morgan fingerprint density at radius 3 is 2.39 bits per heavy atom. The largest absolute Gasteiger partial charge is 0.379 e. The Hall–Kier alpha value is -2.99. The summed E-state index contributed by atoms with van der Waals surface area (Å²) in [4.78, 5) is 13.5. The van der Waals surface area contributed by atoms with Crippen LogP contribution in [0, 0.1) is 29.4 Å². The van der Waals surface area contributed by atoms with Crippen molar-refractivity contribution in [2.75, 3.05) is 13.1 Å². The van der Waals surface area contributed by atoms with Gasteiger partial charge in [-0.25, -0.2) is 13.2 Å². The number of nitrogens with zero attached hydrogens (tertiary/aromatic N) is 1. The standard InChI is InChI=1S/C22H20F3NO4S/c23-19-14-18(15-20(24)22(19)25)31(28,29)30-17-8-6-7-16(13-17)21(27)9-2-5-12-26-10-3-1-4-11-26/h6-8,13-15H,1-4,9-11H2. The number of hydrogen-bond donors (Lipinski definition) is 0. The predicted octanol–water partition coefficient (Wildman–Crippen LogP) is 4.28. The summed E-state index contributed by atoms with van der Waals surface area (Å²) in [7, 11) is -4.64. The van der Waals surface area contributed by atoms with Crippen molar-refractivity contribution >= 4 is 15.9 Å². The molecule has 1 fully saturated rings. The first kappa shape index (κ1) is 22.7. The molecular weight excluding hydrogens is 431 g/mol. The van der Waals surface area contributed by atoms with Crippen LogP contribution in [0.15, 0.2) is 41.3 Å². The molecule has 2 aromatic rings. The number of rotatable bonds is 6. The van der Waals surface area contributed by atoms with E-state index in [0.29, 0.717) is 18.6 Å². The van der Waals surface area contributed by atoms with E-state index in [1.54, 1.807) is 0 Å². The van der Waals surface area contributed by atoms with E-state index in [1.807, 2.05) is 4.90 Å². The average molecular weight is 451 g/mol. The summed E-state index contributed by atoms with van der Waals surface area (Å²) in [6.07, 6.45) is 3.93. The Morgan fingerprint density at radius 2 is 1.71 bits per heavy atom. The minimum atomic E-state index is -4.64. The van der Waals surface area contributed by atoms with Crippen molar-refractivity contribution in [1.82, 2.24) is 4.90 Å². The lowest BCUT2D eigenvalue weighted by atomic mass is 10.1. The Bertz CT molecular complexity index is 1110. The lowest BCUT2D eigenvalue weighted by molar-refractivity contribution is 0.0984. The Kier molecular flexibility index (Phi) is 7.23. The molecule has 164 valence electrons. The normalized spacial score (nSPS) is 14.0. The predicted molar refractivity (Wildman–Crippen MR) is 107 cm³/mol.